The summed E-state index contributed by atoms with van der Waals surface area (Å²) in [4.78, 5) is 31.5. The standard InChI is InChI=1S/C19H15FN6O4/c1-10-2-3-11(17-24-16(30-25-17)9-22-19(28)29)6-13(10)23-18(27)14-8-21-15-7-12(20)4-5-26(14)15/h2-8,22H,9H2,1H3,(H,23,27)(H,28,29). The third-order valence-electron chi connectivity index (χ3n) is 4.31. The molecule has 0 spiro atoms. The number of pyridine rings is 1. The molecule has 4 rings (SSSR count). The fraction of sp³-hybridized carbons (Fsp3) is 0.105. The molecular weight excluding hydrogens is 395 g/mol. The zero-order valence-corrected chi connectivity index (χ0v) is 15.6. The number of nitrogens with one attached hydrogen (secondary N) is 2. The van der Waals surface area contributed by atoms with Gasteiger partial charge in [-0.2, -0.15) is 4.98 Å². The monoisotopic (exact) mass is 410 g/mol. The Bertz CT molecular complexity index is 1270. The first kappa shape index (κ1) is 19.1. The Morgan fingerprint density at radius 3 is 2.90 bits per heavy atom. The number of carboxylic acid groups (broad SMARTS) is 1. The van der Waals surface area contributed by atoms with Gasteiger partial charge in [0.25, 0.3) is 5.91 Å². The van der Waals surface area contributed by atoms with Gasteiger partial charge in [0.1, 0.15) is 23.7 Å². The zero-order chi connectivity index (χ0) is 21.3. The van der Waals surface area contributed by atoms with Gasteiger partial charge in [-0.3, -0.25) is 9.20 Å². The Kier molecular flexibility index (Phi) is 4.84. The molecule has 3 aromatic heterocycles. The van der Waals surface area contributed by atoms with Crippen molar-refractivity contribution in [2.24, 2.45) is 0 Å². The molecule has 0 unspecified atom stereocenters. The highest BCUT2D eigenvalue weighted by atomic mass is 19.1. The Labute approximate surface area is 168 Å². The van der Waals surface area contributed by atoms with E-state index in [1.54, 1.807) is 18.2 Å². The average Bonchev–Trinajstić information content (AvgIpc) is 3.34. The second kappa shape index (κ2) is 7.62. The number of imidazole rings is 1. The minimum atomic E-state index is -1.20. The number of rotatable bonds is 5. The number of fused-ring (bicyclic) bond motifs is 1. The SMILES string of the molecule is Cc1ccc(-c2noc(CNC(=O)O)n2)cc1NC(=O)c1cnc2cc(F)ccn12. The summed E-state index contributed by atoms with van der Waals surface area (Å²) in [5, 5.41) is 17.4. The van der Waals surface area contributed by atoms with Crippen molar-refractivity contribution in [3.05, 3.63) is 65.7 Å². The molecule has 10 nitrogen and oxygen atoms in total. The van der Waals surface area contributed by atoms with Crippen molar-refractivity contribution in [3.63, 3.8) is 0 Å². The van der Waals surface area contributed by atoms with E-state index in [-0.39, 0.29) is 24.0 Å². The average molecular weight is 410 g/mol. The molecule has 0 saturated heterocycles. The van der Waals surface area contributed by atoms with Gasteiger partial charge < -0.3 is 20.3 Å². The number of nitrogens with zero attached hydrogens (tertiary/aromatic N) is 4. The summed E-state index contributed by atoms with van der Waals surface area (Å²) >= 11 is 0. The van der Waals surface area contributed by atoms with Crippen LogP contribution in [-0.2, 0) is 6.54 Å². The van der Waals surface area contributed by atoms with Crippen LogP contribution in [0.4, 0.5) is 14.9 Å². The van der Waals surface area contributed by atoms with Crippen LogP contribution in [0.1, 0.15) is 21.9 Å². The van der Waals surface area contributed by atoms with Crippen LogP contribution in [0.25, 0.3) is 17.0 Å². The number of aromatic nitrogens is 4. The van der Waals surface area contributed by atoms with Crippen molar-refractivity contribution < 1.29 is 23.6 Å². The van der Waals surface area contributed by atoms with Crippen LogP contribution >= 0.6 is 0 Å². The number of hydrogen-bond donors (Lipinski definition) is 3. The molecule has 0 aliphatic carbocycles. The molecule has 0 aliphatic heterocycles. The van der Waals surface area contributed by atoms with Gasteiger partial charge in [-0.1, -0.05) is 17.3 Å². The molecule has 4 aromatic rings. The summed E-state index contributed by atoms with van der Waals surface area (Å²) < 4.78 is 19.8. The van der Waals surface area contributed by atoms with Crippen molar-refractivity contribution in [1.29, 1.82) is 0 Å². The van der Waals surface area contributed by atoms with Gasteiger partial charge in [0.15, 0.2) is 0 Å². The van der Waals surface area contributed by atoms with Gasteiger partial charge in [-0.25, -0.2) is 14.2 Å². The van der Waals surface area contributed by atoms with Crippen molar-refractivity contribution in [3.8, 4) is 11.4 Å². The maximum atomic E-state index is 13.3. The molecule has 0 saturated carbocycles. The molecule has 0 aliphatic rings. The molecule has 1 aromatic carbocycles. The Balaban J connectivity index is 1.57. The summed E-state index contributed by atoms with van der Waals surface area (Å²) in [6, 6.07) is 7.68. The zero-order valence-electron chi connectivity index (χ0n) is 15.6. The first-order valence-corrected chi connectivity index (χ1v) is 8.75. The largest absolute Gasteiger partial charge is 0.465 e. The lowest BCUT2D eigenvalue weighted by atomic mass is 10.1. The van der Waals surface area contributed by atoms with Crippen molar-refractivity contribution >= 4 is 23.3 Å². The van der Waals surface area contributed by atoms with E-state index in [9.17, 15) is 14.0 Å². The van der Waals surface area contributed by atoms with Gasteiger partial charge in [-0.05, 0) is 24.6 Å². The quantitative estimate of drug-likeness (QED) is 0.460. The summed E-state index contributed by atoms with van der Waals surface area (Å²) in [7, 11) is 0. The maximum Gasteiger partial charge on any atom is 0.405 e. The third kappa shape index (κ3) is 3.81. The number of carbonyl (C=O) groups excluding carboxylic acids is 1. The summed E-state index contributed by atoms with van der Waals surface area (Å²) in [5.74, 6) is -0.509. The number of hydrogen-bond acceptors (Lipinski definition) is 6. The second-order valence-electron chi connectivity index (χ2n) is 6.37. The smallest absolute Gasteiger partial charge is 0.405 e. The van der Waals surface area contributed by atoms with Crippen LogP contribution in [0, 0.1) is 12.7 Å². The van der Waals surface area contributed by atoms with E-state index in [1.807, 2.05) is 6.92 Å². The third-order valence-corrected chi connectivity index (χ3v) is 4.31. The highest BCUT2D eigenvalue weighted by molar-refractivity contribution is 6.04. The van der Waals surface area contributed by atoms with E-state index in [2.05, 4.69) is 25.8 Å². The first-order chi connectivity index (χ1) is 14.4. The molecule has 3 heterocycles. The predicted octanol–water partition coefficient (Wildman–Crippen LogP) is 2.85. The molecule has 30 heavy (non-hydrogen) atoms. The van der Waals surface area contributed by atoms with Gasteiger partial charge >= 0.3 is 6.09 Å². The van der Waals surface area contributed by atoms with Crippen LogP contribution in [-0.4, -0.2) is 36.6 Å². The van der Waals surface area contributed by atoms with Crippen molar-refractivity contribution in [2.75, 3.05) is 5.32 Å². The molecule has 0 radical (unpaired) electrons. The highest BCUT2D eigenvalue weighted by Crippen LogP contribution is 2.24. The van der Waals surface area contributed by atoms with Crippen LogP contribution in [0.5, 0.6) is 0 Å². The topological polar surface area (TPSA) is 135 Å². The van der Waals surface area contributed by atoms with E-state index in [1.165, 1.54) is 28.9 Å². The van der Waals surface area contributed by atoms with Crippen LogP contribution in [0.2, 0.25) is 0 Å². The predicted molar refractivity (Wildman–Crippen MR) is 102 cm³/mol. The number of amides is 2. The second-order valence-corrected chi connectivity index (χ2v) is 6.37. The Morgan fingerprint density at radius 1 is 1.27 bits per heavy atom. The lowest BCUT2D eigenvalue weighted by molar-refractivity contribution is 0.102. The number of benzene rings is 1. The fourth-order valence-corrected chi connectivity index (χ4v) is 2.80. The van der Waals surface area contributed by atoms with Gasteiger partial charge in [-0.15, -0.1) is 0 Å². The minimum Gasteiger partial charge on any atom is -0.465 e. The highest BCUT2D eigenvalue weighted by Gasteiger charge is 2.16. The van der Waals surface area contributed by atoms with Crippen molar-refractivity contribution in [1.82, 2.24) is 24.8 Å². The van der Waals surface area contributed by atoms with Crippen LogP contribution in [0.3, 0.4) is 0 Å². The van der Waals surface area contributed by atoms with Gasteiger partial charge in [0, 0.05) is 23.5 Å². The molecule has 0 atom stereocenters. The summed E-state index contributed by atoms with van der Waals surface area (Å²) in [6.45, 7) is 1.70. The molecule has 0 bridgehead atoms. The van der Waals surface area contributed by atoms with Crippen LogP contribution < -0.4 is 10.6 Å². The first-order valence-electron chi connectivity index (χ1n) is 8.75. The molecule has 11 heteroatoms. The van der Waals surface area contributed by atoms with Gasteiger partial charge in [0.2, 0.25) is 11.7 Å². The summed E-state index contributed by atoms with van der Waals surface area (Å²) in [5.41, 5.74) is 2.45. The van der Waals surface area contributed by atoms with E-state index >= 15 is 0 Å². The molecule has 152 valence electrons. The molecular formula is C19H15FN6O4. The number of anilines is 1. The molecule has 3 N–H and O–H groups in total. The van der Waals surface area contributed by atoms with Gasteiger partial charge in [0.05, 0.1) is 6.20 Å². The number of aryl methyl sites for hydroxylation is 1. The van der Waals surface area contributed by atoms with Crippen LogP contribution in [0.15, 0.2) is 47.2 Å². The van der Waals surface area contributed by atoms with Crippen molar-refractivity contribution in [2.45, 2.75) is 13.5 Å². The van der Waals surface area contributed by atoms with E-state index in [4.69, 9.17) is 9.63 Å². The lowest BCUT2D eigenvalue weighted by Crippen LogP contribution is -2.20. The van der Waals surface area contributed by atoms with E-state index in [0.29, 0.717) is 16.9 Å². The van der Waals surface area contributed by atoms with E-state index in [0.717, 1.165) is 5.56 Å². The minimum absolute atomic E-state index is 0.108. The number of carbonyl (C=O) groups is 2. The Morgan fingerprint density at radius 2 is 2.10 bits per heavy atom. The number of halogens is 1. The maximum absolute atomic E-state index is 13.3. The normalized spacial score (nSPS) is 10.9. The Hall–Kier alpha value is -4.28. The molecule has 0 fully saturated rings. The fourth-order valence-electron chi connectivity index (χ4n) is 2.80. The molecule has 2 amide bonds. The summed E-state index contributed by atoms with van der Waals surface area (Å²) in [6.07, 6.45) is 1.59. The lowest BCUT2D eigenvalue weighted by Gasteiger charge is -2.09. The van der Waals surface area contributed by atoms with E-state index < -0.39 is 17.8 Å².